The molecule has 20 heteroatoms. The maximum Gasteiger partial charge on any atom is 0.393 e. The van der Waals surface area contributed by atoms with Crippen LogP contribution in [0.4, 0.5) is 75.9 Å². The van der Waals surface area contributed by atoms with E-state index in [0.29, 0.717) is 6.07 Å². The van der Waals surface area contributed by atoms with E-state index in [1.54, 1.807) is 0 Å². The van der Waals surface area contributed by atoms with Gasteiger partial charge in [-0.25, -0.2) is 8.78 Å². The van der Waals surface area contributed by atoms with Crippen LogP contribution < -0.4 is 14.8 Å². The minimum absolute atomic E-state index is 0.137. The van der Waals surface area contributed by atoms with Crippen LogP contribution in [0.5, 0.6) is 11.5 Å². The molecule has 0 atom stereocenters. The fourth-order valence-electron chi connectivity index (χ4n) is 2.38. The van der Waals surface area contributed by atoms with Gasteiger partial charge in [-0.3, -0.25) is 4.79 Å². The lowest BCUT2D eigenvalue weighted by Gasteiger charge is -2.42. The highest BCUT2D eigenvalue weighted by molar-refractivity contribution is 5.98. The Hall–Kier alpha value is -2.83. The van der Waals surface area contributed by atoms with E-state index in [0.717, 1.165) is 31.7 Å². The molecule has 1 aromatic carbocycles. The first-order chi connectivity index (χ1) is 16.3. The summed E-state index contributed by atoms with van der Waals surface area (Å²) in [5.74, 6) is -61.0. The molecule has 1 amide bonds. The van der Waals surface area contributed by atoms with Crippen molar-refractivity contribution in [1.29, 1.82) is 0 Å². The van der Waals surface area contributed by atoms with Crippen molar-refractivity contribution in [1.82, 2.24) is 0 Å². The Labute approximate surface area is 194 Å². The number of ether oxygens (including phenoxy) is 2. The Kier molecular flexibility index (Phi) is 8.25. The number of methoxy groups -OCH3 is 2. The normalized spacial score (nSPS) is 14.6. The Morgan fingerprint density at radius 2 is 1.14 bits per heavy atom. The molecule has 0 saturated heterocycles. The zero-order chi connectivity index (χ0) is 29.6. The van der Waals surface area contributed by atoms with Crippen LogP contribution in [-0.4, -0.2) is 68.0 Å². The van der Waals surface area contributed by atoms with Crippen molar-refractivity contribution in [3.63, 3.8) is 0 Å². The smallest absolute Gasteiger partial charge is 0.393 e. The first-order valence-electron chi connectivity index (χ1n) is 8.79. The number of halogens is 16. The summed E-state index contributed by atoms with van der Waals surface area (Å²) in [5, 5.41) is 0.808. The SMILES string of the molecule is COc1ccc(NC(=O)C(F)(F)C(F)(F)C(F)(F)C(F)(F)C(F)(F)C(F)(F)C(F)(F)C(F)F)c(OC)c1. The average Bonchev–Trinajstić information content (AvgIpc) is 2.78. The number of carbonyl (C=O) groups is 1. The molecule has 0 spiro atoms. The summed E-state index contributed by atoms with van der Waals surface area (Å²) in [6, 6.07) is 2.15. The van der Waals surface area contributed by atoms with Crippen molar-refractivity contribution in [2.24, 2.45) is 0 Å². The monoisotopic (exact) mass is 581 g/mol. The number of rotatable bonds is 11. The molecule has 0 heterocycles. The fourth-order valence-corrected chi connectivity index (χ4v) is 2.38. The first-order valence-corrected chi connectivity index (χ1v) is 8.79. The lowest BCUT2D eigenvalue weighted by atomic mass is 9.89. The van der Waals surface area contributed by atoms with Crippen molar-refractivity contribution >= 4 is 11.6 Å². The van der Waals surface area contributed by atoms with Gasteiger partial charge in [0.05, 0.1) is 19.9 Å². The molecule has 0 bridgehead atoms. The van der Waals surface area contributed by atoms with E-state index in [1.165, 1.54) is 0 Å². The molecule has 0 unspecified atom stereocenters. The van der Waals surface area contributed by atoms with Gasteiger partial charge in [0.25, 0.3) is 0 Å². The summed E-state index contributed by atoms with van der Waals surface area (Å²) < 4.78 is 223. The summed E-state index contributed by atoms with van der Waals surface area (Å²) in [6.07, 6.45) is -5.94. The van der Waals surface area contributed by atoms with Gasteiger partial charge in [0.15, 0.2) is 0 Å². The van der Waals surface area contributed by atoms with Gasteiger partial charge in [0.1, 0.15) is 11.5 Å². The third kappa shape index (κ3) is 4.55. The number of benzene rings is 1. The molecule has 0 aliphatic heterocycles. The predicted octanol–water partition coefficient (Wildman–Crippen LogP) is 6.35. The average molecular weight is 581 g/mol. The second kappa shape index (κ2) is 9.48. The largest absolute Gasteiger partial charge is 0.497 e. The molecule has 37 heavy (non-hydrogen) atoms. The minimum atomic E-state index is -8.59. The van der Waals surface area contributed by atoms with Crippen molar-refractivity contribution in [2.75, 3.05) is 19.5 Å². The van der Waals surface area contributed by atoms with E-state index in [-0.39, 0.29) is 5.75 Å². The van der Waals surface area contributed by atoms with E-state index >= 15 is 0 Å². The van der Waals surface area contributed by atoms with Crippen LogP contribution in [0, 0.1) is 0 Å². The van der Waals surface area contributed by atoms with Gasteiger partial charge in [0, 0.05) is 6.07 Å². The fraction of sp³-hybridized carbons (Fsp3) is 0.588. The van der Waals surface area contributed by atoms with Gasteiger partial charge in [-0.05, 0) is 12.1 Å². The summed E-state index contributed by atoms with van der Waals surface area (Å²) in [5.41, 5.74) is -1.05. The molecule has 214 valence electrons. The highest BCUT2D eigenvalue weighted by Gasteiger charge is 2.94. The molecule has 0 radical (unpaired) electrons. The second-order valence-corrected chi connectivity index (χ2v) is 6.89. The number of hydrogen-bond donors (Lipinski definition) is 1. The van der Waals surface area contributed by atoms with Crippen LogP contribution in [0.3, 0.4) is 0 Å². The molecule has 0 saturated carbocycles. The van der Waals surface area contributed by atoms with E-state index in [1.807, 2.05) is 0 Å². The van der Waals surface area contributed by atoms with Gasteiger partial charge in [-0.1, -0.05) is 0 Å². The molecular weight excluding hydrogens is 570 g/mol. The van der Waals surface area contributed by atoms with Crippen LogP contribution in [0.15, 0.2) is 18.2 Å². The Balaban J connectivity index is 3.56. The lowest BCUT2D eigenvalue weighted by Crippen LogP contribution is -2.74. The van der Waals surface area contributed by atoms with Gasteiger partial charge in [-0.15, -0.1) is 0 Å². The number of nitrogens with one attached hydrogen (secondary N) is 1. The second-order valence-electron chi connectivity index (χ2n) is 6.89. The van der Waals surface area contributed by atoms with Crippen LogP contribution in [0.1, 0.15) is 0 Å². The molecule has 1 aromatic rings. The molecule has 0 aliphatic rings. The number of amides is 1. The number of carbonyl (C=O) groups excluding carboxylic acids is 1. The lowest BCUT2D eigenvalue weighted by molar-refractivity contribution is -0.443. The number of anilines is 1. The zero-order valence-electron chi connectivity index (χ0n) is 17.6. The van der Waals surface area contributed by atoms with Crippen molar-refractivity contribution < 1.29 is 84.5 Å². The Morgan fingerprint density at radius 3 is 1.54 bits per heavy atom. The minimum Gasteiger partial charge on any atom is -0.497 e. The summed E-state index contributed by atoms with van der Waals surface area (Å²) in [7, 11) is 1.82. The van der Waals surface area contributed by atoms with Gasteiger partial charge in [0.2, 0.25) is 0 Å². The van der Waals surface area contributed by atoms with E-state index in [2.05, 4.69) is 9.47 Å². The van der Waals surface area contributed by atoms with E-state index < -0.39 is 65.2 Å². The molecule has 4 nitrogen and oxygen atoms in total. The highest BCUT2D eigenvalue weighted by Crippen LogP contribution is 2.62. The quantitative estimate of drug-likeness (QED) is 0.310. The zero-order valence-corrected chi connectivity index (χ0v) is 17.6. The van der Waals surface area contributed by atoms with Crippen molar-refractivity contribution in [3.8, 4) is 11.5 Å². The van der Waals surface area contributed by atoms with Gasteiger partial charge in [-0.2, -0.15) is 61.5 Å². The summed E-state index contributed by atoms with van der Waals surface area (Å²) in [4.78, 5) is 11.6. The van der Waals surface area contributed by atoms with Crippen LogP contribution >= 0.6 is 0 Å². The number of alkyl halides is 16. The van der Waals surface area contributed by atoms with Crippen molar-refractivity contribution in [2.45, 2.75) is 47.9 Å². The van der Waals surface area contributed by atoms with Crippen LogP contribution in [0.2, 0.25) is 0 Å². The third-order valence-corrected chi connectivity index (χ3v) is 4.61. The maximum absolute atomic E-state index is 14.0. The Morgan fingerprint density at radius 1 is 0.703 bits per heavy atom. The molecule has 0 aromatic heterocycles. The third-order valence-electron chi connectivity index (χ3n) is 4.61. The molecule has 1 rings (SSSR count). The van der Waals surface area contributed by atoms with Crippen LogP contribution in [0.25, 0.3) is 0 Å². The van der Waals surface area contributed by atoms with E-state index in [9.17, 15) is 75.0 Å². The summed E-state index contributed by atoms with van der Waals surface area (Å²) >= 11 is 0. The first kappa shape index (κ1) is 32.2. The van der Waals surface area contributed by atoms with Crippen LogP contribution in [-0.2, 0) is 4.79 Å². The standard InChI is InChI=1S/C17H11F16NO3/c1-36-6-3-4-7(8(5-6)37-2)34-10(35)12(22,23)14(26,27)16(30,31)17(32,33)15(28,29)13(24,25)11(20,21)9(18)19/h3-5,9H,1-2H3,(H,34,35). The molecule has 0 fully saturated rings. The van der Waals surface area contributed by atoms with Gasteiger partial charge >= 0.3 is 53.8 Å². The van der Waals surface area contributed by atoms with E-state index in [4.69, 9.17) is 0 Å². The van der Waals surface area contributed by atoms with Crippen molar-refractivity contribution in [3.05, 3.63) is 18.2 Å². The molecule has 0 aliphatic carbocycles. The highest BCUT2D eigenvalue weighted by atomic mass is 19.4. The maximum atomic E-state index is 14.0. The molecular formula is C17H11F16NO3. The number of hydrogen-bond acceptors (Lipinski definition) is 3. The predicted molar refractivity (Wildman–Crippen MR) is 88.8 cm³/mol. The van der Waals surface area contributed by atoms with Gasteiger partial charge < -0.3 is 14.8 Å². The topological polar surface area (TPSA) is 47.6 Å². The Bertz CT molecular complexity index is 995. The molecule has 1 N–H and O–H groups in total. The summed E-state index contributed by atoms with van der Waals surface area (Å²) in [6.45, 7) is 0.